The summed E-state index contributed by atoms with van der Waals surface area (Å²) in [6.45, 7) is 6.36. The van der Waals surface area contributed by atoms with Gasteiger partial charge in [0.2, 0.25) is 0 Å². The zero-order valence-electron chi connectivity index (χ0n) is 17.6. The number of halogens is 2. The molecule has 0 amide bonds. The molecule has 0 saturated carbocycles. The molecule has 1 aliphatic heterocycles. The average Bonchev–Trinajstić information content (AvgIpc) is 2.79. The van der Waals surface area contributed by atoms with Crippen LogP contribution in [-0.2, 0) is 5.41 Å². The van der Waals surface area contributed by atoms with E-state index in [0.717, 1.165) is 53.1 Å². The molecule has 162 valence electrons. The standard InChI is InChI=1S/C23H25Cl2N5S/c1-15-6-7-17(12-27-15)23(14-26)8-10-30(11-9-23)20-13-28-22(16(2)29-20)31-19-5-3-4-18(24)21(19)25/h3-7,12-13H,8-11,14,26H2,1-2H3. The van der Waals surface area contributed by atoms with Gasteiger partial charge in [-0.3, -0.25) is 4.98 Å². The average molecular weight is 474 g/mol. The van der Waals surface area contributed by atoms with E-state index >= 15 is 0 Å². The van der Waals surface area contributed by atoms with E-state index in [9.17, 15) is 0 Å². The van der Waals surface area contributed by atoms with Crippen molar-refractivity contribution in [3.8, 4) is 0 Å². The quantitative estimate of drug-likeness (QED) is 0.531. The Morgan fingerprint density at radius 3 is 2.48 bits per heavy atom. The molecule has 3 aromatic rings. The Kier molecular flexibility index (Phi) is 6.72. The highest BCUT2D eigenvalue weighted by atomic mass is 35.5. The number of aryl methyl sites for hydroxylation is 2. The number of piperidine rings is 1. The third kappa shape index (κ3) is 4.67. The van der Waals surface area contributed by atoms with Gasteiger partial charge in [-0.1, -0.05) is 47.1 Å². The van der Waals surface area contributed by atoms with Crippen molar-refractivity contribution < 1.29 is 0 Å². The first-order valence-electron chi connectivity index (χ1n) is 10.3. The highest BCUT2D eigenvalue weighted by Crippen LogP contribution is 2.38. The summed E-state index contributed by atoms with van der Waals surface area (Å²) in [6, 6.07) is 9.83. The van der Waals surface area contributed by atoms with Crippen molar-refractivity contribution in [2.45, 2.75) is 42.0 Å². The SMILES string of the molecule is Cc1ccc(C2(CN)CCN(c3cnc(Sc4cccc(Cl)c4Cl)c(C)n3)CC2)cn1. The van der Waals surface area contributed by atoms with Gasteiger partial charge in [0, 0.05) is 41.8 Å². The van der Waals surface area contributed by atoms with Crippen molar-refractivity contribution in [1.29, 1.82) is 0 Å². The largest absolute Gasteiger partial charge is 0.355 e. The molecule has 0 bridgehead atoms. The molecule has 2 aromatic heterocycles. The maximum Gasteiger partial charge on any atom is 0.147 e. The van der Waals surface area contributed by atoms with E-state index in [1.165, 1.54) is 17.3 Å². The number of hydrogen-bond donors (Lipinski definition) is 1. The lowest BCUT2D eigenvalue weighted by Gasteiger charge is -2.42. The second-order valence-electron chi connectivity index (χ2n) is 7.93. The van der Waals surface area contributed by atoms with E-state index in [1.54, 1.807) is 6.07 Å². The summed E-state index contributed by atoms with van der Waals surface area (Å²) in [6.07, 6.45) is 5.75. The van der Waals surface area contributed by atoms with Crippen LogP contribution in [0.15, 0.2) is 52.6 Å². The maximum atomic E-state index is 6.32. The van der Waals surface area contributed by atoms with Crippen molar-refractivity contribution >= 4 is 40.8 Å². The number of nitrogens with zero attached hydrogens (tertiary/aromatic N) is 4. The van der Waals surface area contributed by atoms with Gasteiger partial charge in [-0.05, 0) is 50.5 Å². The summed E-state index contributed by atoms with van der Waals surface area (Å²) < 4.78 is 0. The predicted molar refractivity (Wildman–Crippen MR) is 129 cm³/mol. The summed E-state index contributed by atoms with van der Waals surface area (Å²) in [5.74, 6) is 0.895. The highest BCUT2D eigenvalue weighted by molar-refractivity contribution is 7.99. The fourth-order valence-corrected chi connectivity index (χ4v) is 5.26. The van der Waals surface area contributed by atoms with Gasteiger partial charge in [0.15, 0.2) is 0 Å². The number of rotatable bonds is 5. The van der Waals surface area contributed by atoms with Crippen LogP contribution in [0, 0.1) is 13.8 Å². The lowest BCUT2D eigenvalue weighted by molar-refractivity contribution is 0.338. The van der Waals surface area contributed by atoms with Crippen LogP contribution in [-0.4, -0.2) is 34.6 Å². The molecule has 4 rings (SSSR count). The summed E-state index contributed by atoms with van der Waals surface area (Å²) in [5, 5.41) is 1.90. The Morgan fingerprint density at radius 2 is 1.84 bits per heavy atom. The zero-order chi connectivity index (χ0) is 22.0. The van der Waals surface area contributed by atoms with Crippen LogP contribution in [0.25, 0.3) is 0 Å². The van der Waals surface area contributed by atoms with Crippen molar-refractivity contribution in [2.24, 2.45) is 5.73 Å². The third-order valence-electron chi connectivity index (χ3n) is 5.97. The number of aromatic nitrogens is 3. The molecular weight excluding hydrogens is 449 g/mol. The topological polar surface area (TPSA) is 67.9 Å². The van der Waals surface area contributed by atoms with Crippen molar-refractivity contribution in [1.82, 2.24) is 15.0 Å². The molecule has 1 fully saturated rings. The van der Waals surface area contributed by atoms with Gasteiger partial charge in [0.05, 0.1) is 21.9 Å². The first-order chi connectivity index (χ1) is 14.9. The molecule has 2 N–H and O–H groups in total. The highest BCUT2D eigenvalue weighted by Gasteiger charge is 2.35. The van der Waals surface area contributed by atoms with Gasteiger partial charge < -0.3 is 10.6 Å². The fraction of sp³-hybridized carbons (Fsp3) is 0.348. The van der Waals surface area contributed by atoms with Crippen LogP contribution in [0.2, 0.25) is 10.0 Å². The molecule has 3 heterocycles. The molecule has 5 nitrogen and oxygen atoms in total. The second-order valence-corrected chi connectivity index (χ2v) is 9.75. The van der Waals surface area contributed by atoms with Crippen LogP contribution in [0.5, 0.6) is 0 Å². The minimum atomic E-state index is -0.0290. The minimum Gasteiger partial charge on any atom is -0.355 e. The summed E-state index contributed by atoms with van der Waals surface area (Å²) in [7, 11) is 0. The van der Waals surface area contributed by atoms with E-state index in [2.05, 4.69) is 27.0 Å². The third-order valence-corrected chi connectivity index (χ3v) is 8.06. The molecule has 8 heteroatoms. The first-order valence-corrected chi connectivity index (χ1v) is 11.8. The van der Waals surface area contributed by atoms with Gasteiger partial charge >= 0.3 is 0 Å². The minimum absolute atomic E-state index is 0.0290. The molecule has 31 heavy (non-hydrogen) atoms. The molecule has 1 aromatic carbocycles. The smallest absolute Gasteiger partial charge is 0.147 e. The van der Waals surface area contributed by atoms with Crippen LogP contribution < -0.4 is 10.6 Å². The van der Waals surface area contributed by atoms with E-state index in [4.69, 9.17) is 33.9 Å². The summed E-state index contributed by atoms with van der Waals surface area (Å²) in [4.78, 5) is 17.1. The van der Waals surface area contributed by atoms with E-state index < -0.39 is 0 Å². The Hall–Kier alpha value is -1.86. The Bertz CT molecular complexity index is 1070. The normalized spacial score (nSPS) is 15.8. The number of nitrogens with two attached hydrogens (primary N) is 1. The lowest BCUT2D eigenvalue weighted by Crippen LogP contribution is -2.47. The van der Waals surface area contributed by atoms with E-state index in [-0.39, 0.29) is 5.41 Å². The molecule has 0 radical (unpaired) electrons. The zero-order valence-corrected chi connectivity index (χ0v) is 19.9. The van der Waals surface area contributed by atoms with Crippen molar-refractivity contribution in [3.63, 3.8) is 0 Å². The summed E-state index contributed by atoms with van der Waals surface area (Å²) in [5.41, 5.74) is 9.33. The molecule has 1 aliphatic rings. The fourth-order valence-electron chi connectivity index (χ4n) is 3.93. The van der Waals surface area contributed by atoms with Gasteiger partial charge in [-0.2, -0.15) is 0 Å². The van der Waals surface area contributed by atoms with Gasteiger partial charge in [-0.15, -0.1) is 0 Å². The number of hydrogen-bond acceptors (Lipinski definition) is 6. The Balaban J connectivity index is 1.48. The van der Waals surface area contributed by atoms with Crippen molar-refractivity contribution in [3.05, 3.63) is 69.7 Å². The van der Waals surface area contributed by atoms with E-state index in [1.807, 2.05) is 38.4 Å². The van der Waals surface area contributed by atoms with Gasteiger partial charge in [0.1, 0.15) is 10.8 Å². The summed E-state index contributed by atoms with van der Waals surface area (Å²) >= 11 is 13.9. The van der Waals surface area contributed by atoms with Gasteiger partial charge in [0.25, 0.3) is 0 Å². The number of benzene rings is 1. The van der Waals surface area contributed by atoms with Crippen molar-refractivity contribution in [2.75, 3.05) is 24.5 Å². The molecular formula is C23H25Cl2N5S. The molecule has 0 atom stereocenters. The van der Waals surface area contributed by atoms with Crippen LogP contribution >= 0.6 is 35.0 Å². The Morgan fingerprint density at radius 1 is 1.06 bits per heavy atom. The predicted octanol–water partition coefficient (Wildman–Crippen LogP) is 5.44. The van der Waals surface area contributed by atoms with Crippen LogP contribution in [0.4, 0.5) is 5.82 Å². The molecule has 0 aliphatic carbocycles. The molecule has 1 saturated heterocycles. The number of pyridine rings is 1. The first kappa shape index (κ1) is 22.3. The number of anilines is 1. The monoisotopic (exact) mass is 473 g/mol. The lowest BCUT2D eigenvalue weighted by atomic mass is 9.73. The van der Waals surface area contributed by atoms with Crippen LogP contribution in [0.1, 0.15) is 29.8 Å². The van der Waals surface area contributed by atoms with Crippen LogP contribution in [0.3, 0.4) is 0 Å². The Labute approximate surface area is 197 Å². The maximum absolute atomic E-state index is 6.32. The molecule has 0 spiro atoms. The molecule has 0 unspecified atom stereocenters. The second kappa shape index (κ2) is 9.33. The van der Waals surface area contributed by atoms with Gasteiger partial charge in [-0.25, -0.2) is 9.97 Å². The van der Waals surface area contributed by atoms with E-state index in [0.29, 0.717) is 16.6 Å².